The molecule has 1 aromatic heterocycles. The van der Waals surface area contributed by atoms with E-state index >= 15 is 0 Å². The fourth-order valence-electron chi connectivity index (χ4n) is 5.24. The van der Waals surface area contributed by atoms with Gasteiger partial charge in [0.05, 0.1) is 47.4 Å². The fraction of sp³-hybridized carbons (Fsp3) is 0.281. The molecule has 2 aliphatic heterocycles. The predicted molar refractivity (Wildman–Crippen MR) is 167 cm³/mol. The second-order valence-electron chi connectivity index (χ2n) is 10.7. The van der Waals surface area contributed by atoms with Crippen molar-refractivity contribution in [3.63, 3.8) is 0 Å². The molecule has 0 aliphatic carbocycles. The molecule has 12 heteroatoms. The third-order valence-corrected chi connectivity index (χ3v) is 10.6. The molecule has 2 aliphatic rings. The largest absolute Gasteiger partial charge is 0.494 e. The first kappa shape index (κ1) is 29.9. The molecular formula is C32H32N4O6S2. The van der Waals surface area contributed by atoms with E-state index < -0.39 is 21.7 Å². The number of rotatable bonds is 9. The van der Waals surface area contributed by atoms with Gasteiger partial charge >= 0.3 is 0 Å². The molecular weight excluding hydrogens is 601 g/mol. The van der Waals surface area contributed by atoms with Crippen LogP contribution in [0.3, 0.4) is 0 Å². The number of thiazole rings is 1. The Labute approximate surface area is 260 Å². The molecule has 10 nitrogen and oxygen atoms in total. The first-order valence-corrected chi connectivity index (χ1v) is 16.7. The van der Waals surface area contributed by atoms with Gasteiger partial charge in [0.1, 0.15) is 10.8 Å². The van der Waals surface area contributed by atoms with E-state index in [1.54, 1.807) is 18.3 Å². The Morgan fingerprint density at radius 2 is 1.95 bits per heavy atom. The Hall–Kier alpha value is -4.10. The van der Waals surface area contributed by atoms with Gasteiger partial charge in [-0.2, -0.15) is 0 Å². The summed E-state index contributed by atoms with van der Waals surface area (Å²) in [6.45, 7) is 6.59. The number of carbonyl (C=O) groups excluding carboxylic acids is 2. The van der Waals surface area contributed by atoms with E-state index in [2.05, 4.69) is 27.4 Å². The Morgan fingerprint density at radius 3 is 2.77 bits per heavy atom. The van der Waals surface area contributed by atoms with Gasteiger partial charge in [0.25, 0.3) is 11.8 Å². The second-order valence-corrected chi connectivity index (χ2v) is 13.7. The summed E-state index contributed by atoms with van der Waals surface area (Å²) in [5, 5.41) is 6.31. The average molecular weight is 633 g/mol. The van der Waals surface area contributed by atoms with Gasteiger partial charge < -0.3 is 20.1 Å². The zero-order chi connectivity index (χ0) is 30.7. The third kappa shape index (κ3) is 6.39. The van der Waals surface area contributed by atoms with E-state index in [-0.39, 0.29) is 33.2 Å². The number of morpholine rings is 1. The van der Waals surface area contributed by atoms with Crippen LogP contribution >= 0.6 is 11.3 Å². The zero-order valence-corrected chi connectivity index (χ0v) is 25.7. The molecule has 0 saturated carbocycles. The lowest BCUT2D eigenvalue weighted by molar-refractivity contribution is -0.00200. The van der Waals surface area contributed by atoms with E-state index in [0.29, 0.717) is 12.6 Å². The van der Waals surface area contributed by atoms with Crippen LogP contribution in [-0.4, -0.2) is 69.1 Å². The van der Waals surface area contributed by atoms with Gasteiger partial charge in [0, 0.05) is 41.3 Å². The molecule has 0 radical (unpaired) electrons. The Bertz CT molecular complexity index is 1790. The summed E-state index contributed by atoms with van der Waals surface area (Å²) in [6, 6.07) is 18.5. The third-order valence-electron chi connectivity index (χ3n) is 7.64. The maximum Gasteiger partial charge on any atom is 0.257 e. The first-order valence-electron chi connectivity index (χ1n) is 14.4. The van der Waals surface area contributed by atoms with Crippen LogP contribution < -0.4 is 15.4 Å². The summed E-state index contributed by atoms with van der Waals surface area (Å²) in [7, 11) is -3.94. The molecule has 1 fully saturated rings. The summed E-state index contributed by atoms with van der Waals surface area (Å²) in [6.07, 6.45) is 2.67. The summed E-state index contributed by atoms with van der Waals surface area (Å²) < 4.78 is 37.8. The zero-order valence-electron chi connectivity index (χ0n) is 24.1. The molecule has 3 heterocycles. The number of hydrogen-bond acceptors (Lipinski definition) is 9. The lowest BCUT2D eigenvalue weighted by Crippen LogP contribution is -2.44. The van der Waals surface area contributed by atoms with Crippen molar-refractivity contribution < 1.29 is 27.5 Å². The minimum absolute atomic E-state index is 0.0570. The number of amides is 2. The highest BCUT2D eigenvalue weighted by Crippen LogP contribution is 2.34. The molecule has 6 rings (SSSR count). The Kier molecular flexibility index (Phi) is 8.76. The van der Waals surface area contributed by atoms with Gasteiger partial charge in [-0.25, -0.2) is 13.4 Å². The summed E-state index contributed by atoms with van der Waals surface area (Å²) in [4.78, 5) is 33.4. The van der Waals surface area contributed by atoms with Crippen LogP contribution in [0, 0.1) is 0 Å². The SMILES string of the molecule is C[C@H]1COCCN1CCCOc1ccc(-c2ncc(CNC(=O)c3ccc4c(c3)NC(=O)c3ccccc3S4(=O)=O)s2)cc1. The van der Waals surface area contributed by atoms with Crippen molar-refractivity contribution in [1.29, 1.82) is 0 Å². The van der Waals surface area contributed by atoms with Crippen LogP contribution in [-0.2, 0) is 21.1 Å². The number of nitrogens with zero attached hydrogens (tertiary/aromatic N) is 2. The standard InChI is InChI=1S/C32H32N4O6S2/c1-21-20-41-16-14-36(21)13-4-15-42-24-10-7-22(8-11-24)32-34-19-25(43-32)18-33-30(37)23-9-12-29-27(17-23)35-31(38)26-5-2-3-6-28(26)44(29,39)40/h2-3,5-12,17,19,21H,4,13-16,18,20H2,1H3,(H,33,37)(H,35,38)/t21-/m0/s1. The van der Waals surface area contributed by atoms with Crippen molar-refractivity contribution in [2.24, 2.45) is 0 Å². The molecule has 3 aromatic carbocycles. The highest BCUT2D eigenvalue weighted by molar-refractivity contribution is 7.91. The Balaban J connectivity index is 1.03. The number of nitrogens with one attached hydrogen (secondary N) is 2. The van der Waals surface area contributed by atoms with Crippen LogP contribution in [0.1, 0.15) is 38.9 Å². The predicted octanol–water partition coefficient (Wildman–Crippen LogP) is 4.63. The average Bonchev–Trinajstić information content (AvgIpc) is 3.49. The van der Waals surface area contributed by atoms with E-state index in [0.717, 1.165) is 53.9 Å². The number of ether oxygens (including phenoxy) is 2. The van der Waals surface area contributed by atoms with Crippen LogP contribution in [0.2, 0.25) is 0 Å². The highest BCUT2D eigenvalue weighted by Gasteiger charge is 2.31. The van der Waals surface area contributed by atoms with Gasteiger partial charge in [-0.1, -0.05) is 12.1 Å². The van der Waals surface area contributed by atoms with Crippen LogP contribution in [0.5, 0.6) is 5.75 Å². The number of benzene rings is 3. The van der Waals surface area contributed by atoms with E-state index in [1.807, 2.05) is 24.3 Å². The van der Waals surface area contributed by atoms with E-state index in [9.17, 15) is 18.0 Å². The van der Waals surface area contributed by atoms with E-state index in [4.69, 9.17) is 9.47 Å². The van der Waals surface area contributed by atoms with Crippen molar-refractivity contribution in [3.05, 3.63) is 88.9 Å². The topological polar surface area (TPSA) is 127 Å². The lowest BCUT2D eigenvalue weighted by Gasteiger charge is -2.33. The maximum atomic E-state index is 13.2. The summed E-state index contributed by atoms with van der Waals surface area (Å²) >= 11 is 1.47. The molecule has 0 bridgehead atoms. The van der Waals surface area contributed by atoms with Gasteiger partial charge in [-0.3, -0.25) is 14.5 Å². The molecule has 0 unspecified atom stereocenters. The monoisotopic (exact) mass is 632 g/mol. The quantitative estimate of drug-likeness (QED) is 0.256. The van der Waals surface area contributed by atoms with Crippen molar-refractivity contribution in [2.75, 3.05) is 38.2 Å². The number of anilines is 1. The Morgan fingerprint density at radius 1 is 1.14 bits per heavy atom. The lowest BCUT2D eigenvalue weighted by atomic mass is 10.1. The normalized spacial score (nSPS) is 17.6. The van der Waals surface area contributed by atoms with Crippen molar-refractivity contribution >= 4 is 38.7 Å². The van der Waals surface area contributed by atoms with Crippen LogP contribution in [0.15, 0.2) is 82.7 Å². The molecule has 1 atom stereocenters. The van der Waals surface area contributed by atoms with Crippen molar-refractivity contribution in [2.45, 2.75) is 35.7 Å². The summed E-state index contributed by atoms with van der Waals surface area (Å²) in [5.74, 6) is -0.141. The van der Waals surface area contributed by atoms with Gasteiger partial charge in [0.15, 0.2) is 0 Å². The molecule has 2 N–H and O–H groups in total. The minimum Gasteiger partial charge on any atom is -0.494 e. The fourth-order valence-corrected chi connectivity index (χ4v) is 7.69. The molecule has 2 amide bonds. The first-order chi connectivity index (χ1) is 21.3. The maximum absolute atomic E-state index is 13.2. The minimum atomic E-state index is -3.94. The number of carbonyl (C=O) groups is 2. The number of sulfone groups is 1. The number of hydrogen-bond donors (Lipinski definition) is 2. The van der Waals surface area contributed by atoms with Gasteiger partial charge in [-0.15, -0.1) is 11.3 Å². The van der Waals surface area contributed by atoms with Gasteiger partial charge in [0.2, 0.25) is 9.84 Å². The smallest absolute Gasteiger partial charge is 0.257 e. The number of aromatic nitrogens is 1. The van der Waals surface area contributed by atoms with Crippen molar-refractivity contribution in [3.8, 4) is 16.3 Å². The molecule has 228 valence electrons. The number of fused-ring (bicyclic) bond motifs is 2. The van der Waals surface area contributed by atoms with E-state index in [1.165, 1.54) is 41.7 Å². The van der Waals surface area contributed by atoms with Crippen LogP contribution in [0.25, 0.3) is 10.6 Å². The van der Waals surface area contributed by atoms with Gasteiger partial charge in [-0.05, 0) is 67.9 Å². The molecule has 4 aromatic rings. The summed E-state index contributed by atoms with van der Waals surface area (Å²) in [5.41, 5.74) is 1.31. The second kappa shape index (κ2) is 12.9. The molecule has 44 heavy (non-hydrogen) atoms. The van der Waals surface area contributed by atoms with Crippen molar-refractivity contribution in [1.82, 2.24) is 15.2 Å². The molecule has 1 saturated heterocycles. The molecule has 0 spiro atoms. The van der Waals surface area contributed by atoms with Crippen LogP contribution in [0.4, 0.5) is 5.69 Å². The highest BCUT2D eigenvalue weighted by atomic mass is 32.2.